The zero-order valence-electron chi connectivity index (χ0n) is 11.8. The Morgan fingerprint density at radius 1 is 1.55 bits per heavy atom. The predicted octanol–water partition coefficient (Wildman–Crippen LogP) is -0.588. The average Bonchev–Trinajstić information content (AvgIpc) is 2.77. The number of aliphatic hydroxyl groups is 1. The number of anilines is 1. The van der Waals surface area contributed by atoms with E-state index in [1.54, 1.807) is 17.1 Å². The first kappa shape index (κ1) is 14.8. The highest BCUT2D eigenvalue weighted by Crippen LogP contribution is 2.21. The second-order valence-electron chi connectivity index (χ2n) is 5.63. The zero-order valence-corrected chi connectivity index (χ0v) is 11.8. The highest BCUT2D eigenvalue weighted by molar-refractivity contribution is 5.76. The molecule has 5 N–H and O–H groups in total. The fraction of sp³-hybridized carbons (Fsp3) is 0.692. The number of carbonyl (C=O) groups is 1. The van der Waals surface area contributed by atoms with E-state index in [4.69, 9.17) is 11.5 Å². The number of amides is 1. The average molecular weight is 281 g/mol. The second-order valence-corrected chi connectivity index (χ2v) is 5.63. The topological polar surface area (TPSA) is 110 Å². The van der Waals surface area contributed by atoms with Gasteiger partial charge in [0.15, 0.2) is 0 Å². The van der Waals surface area contributed by atoms with E-state index in [0.29, 0.717) is 31.4 Å². The van der Waals surface area contributed by atoms with Crippen LogP contribution in [-0.4, -0.2) is 50.9 Å². The van der Waals surface area contributed by atoms with Crippen LogP contribution in [0.25, 0.3) is 0 Å². The fourth-order valence-corrected chi connectivity index (χ4v) is 2.69. The predicted molar refractivity (Wildman–Crippen MR) is 75.6 cm³/mol. The molecular weight excluding hydrogens is 258 g/mol. The maximum absolute atomic E-state index is 11.3. The summed E-state index contributed by atoms with van der Waals surface area (Å²) in [6.07, 6.45) is 4.45. The van der Waals surface area contributed by atoms with Gasteiger partial charge in [0, 0.05) is 25.3 Å². The van der Waals surface area contributed by atoms with E-state index in [1.165, 1.54) is 0 Å². The van der Waals surface area contributed by atoms with Crippen LogP contribution in [0.15, 0.2) is 12.4 Å². The van der Waals surface area contributed by atoms with Crippen molar-refractivity contribution in [1.29, 1.82) is 0 Å². The summed E-state index contributed by atoms with van der Waals surface area (Å²) >= 11 is 0. The summed E-state index contributed by atoms with van der Waals surface area (Å²) in [7, 11) is 0. The Morgan fingerprint density at radius 3 is 2.90 bits per heavy atom. The van der Waals surface area contributed by atoms with Crippen molar-refractivity contribution in [2.45, 2.75) is 38.5 Å². The molecule has 112 valence electrons. The Morgan fingerprint density at radius 2 is 2.30 bits per heavy atom. The van der Waals surface area contributed by atoms with E-state index in [1.807, 2.05) is 0 Å². The van der Waals surface area contributed by atoms with E-state index in [0.717, 1.165) is 12.8 Å². The van der Waals surface area contributed by atoms with Crippen LogP contribution in [0.2, 0.25) is 0 Å². The first-order chi connectivity index (χ1) is 9.45. The molecule has 0 aliphatic carbocycles. The number of aliphatic hydroxyl groups excluding tert-OH is 1. The lowest BCUT2D eigenvalue weighted by atomic mass is 9.92. The molecular formula is C13H23N5O2. The van der Waals surface area contributed by atoms with Crippen molar-refractivity contribution < 1.29 is 9.90 Å². The maximum Gasteiger partial charge on any atom is 0.221 e. The highest BCUT2D eigenvalue weighted by atomic mass is 16.3. The largest absolute Gasteiger partial charge is 0.396 e. The molecule has 0 radical (unpaired) electrons. The summed E-state index contributed by atoms with van der Waals surface area (Å²) in [6, 6.07) is 0.350. The molecule has 7 heteroatoms. The number of carbonyl (C=O) groups excluding carboxylic acids is 1. The first-order valence-corrected chi connectivity index (χ1v) is 6.95. The van der Waals surface area contributed by atoms with Crippen molar-refractivity contribution in [3.8, 4) is 0 Å². The number of piperidine rings is 1. The van der Waals surface area contributed by atoms with E-state index >= 15 is 0 Å². The molecule has 1 aromatic rings. The normalized spacial score (nSPS) is 25.5. The summed E-state index contributed by atoms with van der Waals surface area (Å²) in [5.74, 6) is -0.366. The molecule has 0 saturated carbocycles. The summed E-state index contributed by atoms with van der Waals surface area (Å²) < 4.78 is 1.63. The maximum atomic E-state index is 11.3. The number of rotatable bonds is 5. The molecule has 3 atom stereocenters. The molecule has 1 saturated heterocycles. The minimum Gasteiger partial charge on any atom is -0.396 e. The third-order valence-corrected chi connectivity index (χ3v) is 3.91. The minimum absolute atomic E-state index is 0.112. The highest BCUT2D eigenvalue weighted by Gasteiger charge is 2.29. The molecule has 20 heavy (non-hydrogen) atoms. The molecule has 3 unspecified atom stereocenters. The van der Waals surface area contributed by atoms with Crippen LogP contribution in [0.5, 0.6) is 0 Å². The van der Waals surface area contributed by atoms with Crippen molar-refractivity contribution in [3.63, 3.8) is 0 Å². The Hall–Kier alpha value is -1.60. The number of primary amides is 1. The number of β-amino-alcohol motifs (C(OH)–C–C–N with tert-alkyl or cyclic N) is 1. The van der Waals surface area contributed by atoms with Crippen LogP contribution in [0.1, 0.15) is 19.8 Å². The minimum atomic E-state index is -0.552. The number of aromatic nitrogens is 2. The number of nitrogens with two attached hydrogens (primary N) is 2. The van der Waals surface area contributed by atoms with Crippen molar-refractivity contribution in [2.75, 3.05) is 18.8 Å². The molecule has 0 aromatic carbocycles. The first-order valence-electron chi connectivity index (χ1n) is 6.95. The molecule has 0 bridgehead atoms. The van der Waals surface area contributed by atoms with Crippen LogP contribution >= 0.6 is 0 Å². The van der Waals surface area contributed by atoms with Gasteiger partial charge in [0.05, 0.1) is 30.5 Å². The lowest BCUT2D eigenvalue weighted by molar-refractivity contribution is -0.124. The summed E-state index contributed by atoms with van der Waals surface area (Å²) in [5, 5.41) is 14.2. The molecule has 2 heterocycles. The molecule has 2 rings (SSSR count). The van der Waals surface area contributed by atoms with E-state index < -0.39 is 6.10 Å². The van der Waals surface area contributed by atoms with E-state index in [9.17, 15) is 9.90 Å². The van der Waals surface area contributed by atoms with Gasteiger partial charge in [0.2, 0.25) is 5.91 Å². The summed E-state index contributed by atoms with van der Waals surface area (Å²) in [6.45, 7) is 3.62. The monoisotopic (exact) mass is 281 g/mol. The Bertz CT molecular complexity index is 461. The molecule has 1 aromatic heterocycles. The molecule has 0 spiro atoms. The third kappa shape index (κ3) is 3.71. The van der Waals surface area contributed by atoms with Gasteiger partial charge in [0.25, 0.3) is 0 Å². The smallest absolute Gasteiger partial charge is 0.221 e. The van der Waals surface area contributed by atoms with Crippen LogP contribution in [0.3, 0.4) is 0 Å². The van der Waals surface area contributed by atoms with Crippen molar-refractivity contribution in [2.24, 2.45) is 11.7 Å². The van der Waals surface area contributed by atoms with E-state index in [-0.39, 0.29) is 11.8 Å². The quantitative estimate of drug-likeness (QED) is 0.668. The number of hydrogen-bond acceptors (Lipinski definition) is 5. The zero-order chi connectivity index (χ0) is 14.7. The van der Waals surface area contributed by atoms with Gasteiger partial charge in [-0.05, 0) is 19.8 Å². The second kappa shape index (κ2) is 6.23. The Balaban J connectivity index is 1.88. The molecule has 1 aliphatic heterocycles. The van der Waals surface area contributed by atoms with Gasteiger partial charge in [-0.25, -0.2) is 0 Å². The van der Waals surface area contributed by atoms with Gasteiger partial charge in [0.1, 0.15) is 0 Å². The Kier molecular flexibility index (Phi) is 4.61. The SMILES string of the molecule is CC1CCC(C(N)=O)CN1CC(O)Cn1cc(N)cn1. The van der Waals surface area contributed by atoms with Gasteiger partial charge in [-0.1, -0.05) is 0 Å². The van der Waals surface area contributed by atoms with Crippen molar-refractivity contribution in [3.05, 3.63) is 12.4 Å². The lowest BCUT2D eigenvalue weighted by Crippen LogP contribution is -2.48. The van der Waals surface area contributed by atoms with Crippen molar-refractivity contribution in [1.82, 2.24) is 14.7 Å². The van der Waals surface area contributed by atoms with Gasteiger partial charge < -0.3 is 16.6 Å². The summed E-state index contributed by atoms with van der Waals surface area (Å²) in [5.41, 5.74) is 11.5. The number of nitrogen functional groups attached to an aromatic ring is 1. The number of hydrogen-bond donors (Lipinski definition) is 3. The van der Waals surface area contributed by atoms with Gasteiger partial charge in [-0.15, -0.1) is 0 Å². The molecule has 1 amide bonds. The van der Waals surface area contributed by atoms with E-state index in [2.05, 4.69) is 16.9 Å². The number of likely N-dealkylation sites (tertiary alicyclic amines) is 1. The van der Waals surface area contributed by atoms with Crippen molar-refractivity contribution >= 4 is 11.6 Å². The van der Waals surface area contributed by atoms with Crippen LogP contribution in [0, 0.1) is 5.92 Å². The third-order valence-electron chi connectivity index (χ3n) is 3.91. The Labute approximate surface area is 118 Å². The van der Waals surface area contributed by atoms with Gasteiger partial charge >= 0.3 is 0 Å². The fourth-order valence-electron chi connectivity index (χ4n) is 2.69. The molecule has 7 nitrogen and oxygen atoms in total. The number of nitrogens with zero attached hydrogens (tertiary/aromatic N) is 3. The summed E-state index contributed by atoms with van der Waals surface area (Å²) in [4.78, 5) is 13.4. The van der Waals surface area contributed by atoms with Crippen LogP contribution in [0.4, 0.5) is 5.69 Å². The van der Waals surface area contributed by atoms with Gasteiger partial charge in [-0.2, -0.15) is 5.10 Å². The molecule has 1 fully saturated rings. The van der Waals surface area contributed by atoms with Crippen LogP contribution in [-0.2, 0) is 11.3 Å². The molecule has 1 aliphatic rings. The lowest BCUT2D eigenvalue weighted by Gasteiger charge is -2.37. The van der Waals surface area contributed by atoms with Crippen LogP contribution < -0.4 is 11.5 Å². The standard InChI is InChI=1S/C13H23N5O2/c1-9-2-3-10(13(15)20)5-17(9)7-12(19)8-18-6-11(14)4-16-18/h4,6,9-10,12,19H,2-3,5,7-8,14H2,1H3,(H2,15,20). The van der Waals surface area contributed by atoms with Gasteiger partial charge in [-0.3, -0.25) is 14.4 Å².